The zero-order chi connectivity index (χ0) is 26.6. The summed E-state index contributed by atoms with van der Waals surface area (Å²) in [6.45, 7) is 8.49. The molecule has 0 aliphatic carbocycles. The van der Waals surface area contributed by atoms with Crippen molar-refractivity contribution in [3.63, 3.8) is 0 Å². The molecule has 0 amide bonds. The lowest BCUT2D eigenvalue weighted by Gasteiger charge is -2.16. The Balaban J connectivity index is 1.68. The van der Waals surface area contributed by atoms with E-state index in [4.69, 9.17) is 20.9 Å². The molecule has 2 aromatic carbocycles. The number of hydrogen-bond acceptors (Lipinski definition) is 8. The van der Waals surface area contributed by atoms with Crippen molar-refractivity contribution in [2.45, 2.75) is 45.7 Å². The van der Waals surface area contributed by atoms with Crippen molar-refractivity contribution in [1.82, 2.24) is 15.1 Å². The smallest absolute Gasteiger partial charge is 0.263 e. The average Bonchev–Trinajstić information content (AvgIpc) is 3.17. The molecule has 0 saturated heterocycles. The second-order valence-electron chi connectivity index (χ2n) is 8.42. The van der Waals surface area contributed by atoms with Crippen LogP contribution in [0.1, 0.15) is 35.2 Å². The number of nitrogens with one attached hydrogen (secondary N) is 2. The molecule has 0 aliphatic heterocycles. The van der Waals surface area contributed by atoms with Crippen molar-refractivity contribution in [3.8, 4) is 11.1 Å². The highest BCUT2D eigenvalue weighted by Gasteiger charge is 2.23. The van der Waals surface area contributed by atoms with Gasteiger partial charge in [0.15, 0.2) is 5.82 Å². The van der Waals surface area contributed by atoms with Crippen molar-refractivity contribution in [2.24, 2.45) is 0 Å². The van der Waals surface area contributed by atoms with Gasteiger partial charge < -0.3 is 14.6 Å². The highest BCUT2D eigenvalue weighted by Crippen LogP contribution is 2.33. The van der Waals surface area contributed by atoms with Crippen LogP contribution in [0.4, 0.5) is 11.6 Å². The van der Waals surface area contributed by atoms with E-state index in [2.05, 4.69) is 25.2 Å². The number of benzene rings is 2. The first kappa shape index (κ1) is 26.6. The third kappa shape index (κ3) is 6.27. The summed E-state index contributed by atoms with van der Waals surface area (Å²) in [5.74, 6) is 1.91. The van der Waals surface area contributed by atoms with Crippen molar-refractivity contribution >= 4 is 33.3 Å². The quantitative estimate of drug-likeness (QED) is 0.247. The van der Waals surface area contributed by atoms with E-state index in [1.165, 1.54) is 0 Å². The van der Waals surface area contributed by atoms with Crippen molar-refractivity contribution in [1.29, 1.82) is 0 Å². The summed E-state index contributed by atoms with van der Waals surface area (Å²) in [6, 6.07) is 14.4. The second kappa shape index (κ2) is 11.3. The summed E-state index contributed by atoms with van der Waals surface area (Å²) in [6.07, 6.45) is 0. The predicted octanol–water partition coefficient (Wildman–Crippen LogP) is 5.66. The van der Waals surface area contributed by atoms with Crippen LogP contribution in [-0.4, -0.2) is 30.1 Å². The molecule has 2 heterocycles. The molecule has 4 rings (SSSR count). The Bertz CT molecular complexity index is 1500. The molecule has 2 N–H and O–H groups in total. The number of rotatable bonds is 10. The van der Waals surface area contributed by atoms with Gasteiger partial charge in [-0.05, 0) is 50.5 Å². The maximum atomic E-state index is 13.4. The Kier molecular flexibility index (Phi) is 8.11. The van der Waals surface area contributed by atoms with Crippen LogP contribution in [0, 0.1) is 20.8 Å². The molecule has 0 bridgehead atoms. The lowest BCUT2D eigenvalue weighted by molar-refractivity contribution is 0.134. The molecule has 0 radical (unpaired) electrons. The van der Waals surface area contributed by atoms with Gasteiger partial charge >= 0.3 is 0 Å². The van der Waals surface area contributed by atoms with Gasteiger partial charge in [0.1, 0.15) is 22.6 Å². The van der Waals surface area contributed by atoms with Crippen LogP contribution >= 0.6 is 11.6 Å². The van der Waals surface area contributed by atoms with Gasteiger partial charge in [-0.3, -0.25) is 4.72 Å². The molecule has 11 heteroatoms. The van der Waals surface area contributed by atoms with Crippen molar-refractivity contribution in [2.75, 3.05) is 16.6 Å². The normalized spacial score (nSPS) is 11.5. The molecule has 37 heavy (non-hydrogen) atoms. The van der Waals surface area contributed by atoms with Gasteiger partial charge in [-0.25, -0.2) is 18.4 Å². The van der Waals surface area contributed by atoms with Gasteiger partial charge in [0.05, 0.1) is 11.5 Å². The van der Waals surface area contributed by atoms with Crippen LogP contribution in [0.3, 0.4) is 0 Å². The Hall–Kier alpha value is -3.47. The third-order valence-corrected chi connectivity index (χ3v) is 7.36. The number of ether oxygens (including phenoxy) is 1. The standard InChI is InChI=1S/C26H28ClN5O4S/c1-5-35-15-20-12-19(14-28-25-13-24(27)29-18(4)30-25)10-11-21(20)22-8-6-7-9-23(22)37(33,34)32-26-16(2)17(3)36-31-26/h6-13H,5,14-15H2,1-4H3,(H,31,32)(H,28,29,30). The molecule has 0 unspecified atom stereocenters. The second-order valence-corrected chi connectivity index (χ2v) is 10.5. The van der Waals surface area contributed by atoms with Gasteiger partial charge in [-0.15, -0.1) is 0 Å². The molecule has 0 aliphatic rings. The van der Waals surface area contributed by atoms with E-state index in [9.17, 15) is 8.42 Å². The molecule has 0 saturated carbocycles. The van der Waals surface area contributed by atoms with Crippen molar-refractivity contribution < 1.29 is 17.7 Å². The monoisotopic (exact) mass is 541 g/mol. The first-order chi connectivity index (χ1) is 17.7. The highest BCUT2D eigenvalue weighted by atomic mass is 35.5. The van der Waals surface area contributed by atoms with Gasteiger partial charge in [0.25, 0.3) is 10.0 Å². The zero-order valence-corrected chi connectivity index (χ0v) is 22.6. The van der Waals surface area contributed by atoms with E-state index in [0.29, 0.717) is 53.4 Å². The first-order valence-corrected chi connectivity index (χ1v) is 13.5. The van der Waals surface area contributed by atoms with Crippen LogP contribution in [-0.2, 0) is 27.9 Å². The van der Waals surface area contributed by atoms with Gasteiger partial charge in [0, 0.05) is 30.3 Å². The van der Waals surface area contributed by atoms with Crippen LogP contribution < -0.4 is 10.0 Å². The molecule has 0 atom stereocenters. The van der Waals surface area contributed by atoms with E-state index in [0.717, 1.165) is 16.7 Å². The fourth-order valence-corrected chi connectivity index (χ4v) is 5.29. The minimum Gasteiger partial charge on any atom is -0.377 e. The van der Waals surface area contributed by atoms with Gasteiger partial charge in [-0.2, -0.15) is 0 Å². The van der Waals surface area contributed by atoms with Gasteiger partial charge in [-0.1, -0.05) is 53.2 Å². The number of nitrogens with zero attached hydrogens (tertiary/aromatic N) is 3. The Labute approximate surface area is 221 Å². The number of aryl methyl sites for hydroxylation is 2. The fraction of sp³-hybridized carbons (Fsp3) is 0.269. The Morgan fingerprint density at radius 2 is 1.81 bits per heavy atom. The molecule has 9 nitrogen and oxygen atoms in total. The van der Waals surface area contributed by atoms with E-state index in [1.54, 1.807) is 51.1 Å². The number of sulfonamides is 1. The molecular formula is C26H28ClN5O4S. The van der Waals surface area contributed by atoms with Crippen LogP contribution in [0.2, 0.25) is 5.15 Å². The summed E-state index contributed by atoms with van der Waals surface area (Å²) >= 11 is 6.04. The van der Waals surface area contributed by atoms with E-state index in [1.807, 2.05) is 25.1 Å². The molecule has 0 spiro atoms. The number of anilines is 2. The third-order valence-electron chi connectivity index (χ3n) is 5.77. The largest absolute Gasteiger partial charge is 0.377 e. The molecule has 2 aromatic heterocycles. The van der Waals surface area contributed by atoms with E-state index >= 15 is 0 Å². The van der Waals surface area contributed by atoms with Crippen LogP contribution in [0.15, 0.2) is 57.9 Å². The van der Waals surface area contributed by atoms with Crippen LogP contribution in [0.25, 0.3) is 11.1 Å². The molecule has 194 valence electrons. The SMILES string of the molecule is CCOCc1cc(CNc2cc(Cl)nc(C)n2)ccc1-c1ccccc1S(=O)(=O)Nc1noc(C)c1C. The Morgan fingerprint density at radius 1 is 1.03 bits per heavy atom. The number of halogens is 1. The Morgan fingerprint density at radius 3 is 2.51 bits per heavy atom. The average molecular weight is 542 g/mol. The van der Waals surface area contributed by atoms with Gasteiger partial charge in [0.2, 0.25) is 0 Å². The lowest BCUT2D eigenvalue weighted by Crippen LogP contribution is -2.15. The fourth-order valence-electron chi connectivity index (χ4n) is 3.78. The molecule has 0 fully saturated rings. The number of hydrogen-bond donors (Lipinski definition) is 2. The molecule has 4 aromatic rings. The summed E-state index contributed by atoms with van der Waals surface area (Å²) in [5, 5.41) is 7.47. The number of aromatic nitrogens is 3. The van der Waals surface area contributed by atoms with E-state index < -0.39 is 10.0 Å². The minimum absolute atomic E-state index is 0.129. The zero-order valence-electron chi connectivity index (χ0n) is 21.0. The molecular weight excluding hydrogens is 514 g/mol. The summed E-state index contributed by atoms with van der Waals surface area (Å²) in [5.41, 5.74) is 3.77. The lowest BCUT2D eigenvalue weighted by atomic mass is 9.97. The summed E-state index contributed by atoms with van der Waals surface area (Å²) < 4.78 is 40.2. The van der Waals surface area contributed by atoms with Crippen LogP contribution in [0.5, 0.6) is 0 Å². The topological polar surface area (TPSA) is 119 Å². The predicted molar refractivity (Wildman–Crippen MR) is 143 cm³/mol. The maximum absolute atomic E-state index is 13.4. The minimum atomic E-state index is -3.96. The first-order valence-electron chi connectivity index (χ1n) is 11.7. The highest BCUT2D eigenvalue weighted by molar-refractivity contribution is 7.92. The van der Waals surface area contributed by atoms with Crippen molar-refractivity contribution in [3.05, 3.63) is 82.0 Å². The maximum Gasteiger partial charge on any atom is 0.263 e. The van der Waals surface area contributed by atoms with E-state index in [-0.39, 0.29) is 10.7 Å². The summed E-state index contributed by atoms with van der Waals surface area (Å²) in [7, 11) is -3.96. The summed E-state index contributed by atoms with van der Waals surface area (Å²) in [4.78, 5) is 8.56.